The third kappa shape index (κ3) is 1.87. The van der Waals surface area contributed by atoms with Crippen molar-refractivity contribution in [3.05, 3.63) is 33.2 Å². The Balaban J connectivity index is 2.48. The van der Waals surface area contributed by atoms with E-state index in [-0.39, 0.29) is 17.0 Å². The first-order chi connectivity index (χ1) is 7.54. The maximum absolute atomic E-state index is 14.8. The third-order valence-corrected chi connectivity index (χ3v) is 3.43. The first kappa shape index (κ1) is 11.6. The van der Waals surface area contributed by atoms with E-state index in [1.54, 1.807) is 6.92 Å². The van der Waals surface area contributed by atoms with E-state index in [1.807, 2.05) is 0 Å². The van der Waals surface area contributed by atoms with Gasteiger partial charge in [-0.2, -0.15) is 0 Å². The molecule has 0 saturated carbocycles. The zero-order valence-corrected chi connectivity index (χ0v) is 9.77. The van der Waals surface area contributed by atoms with Crippen molar-refractivity contribution in [1.82, 2.24) is 10.3 Å². The fraction of sp³-hybridized carbons (Fsp3) is 0.545. The summed E-state index contributed by atoms with van der Waals surface area (Å²) in [6.07, 6.45) is 1.68. The molecule has 2 N–H and O–H groups in total. The van der Waals surface area contributed by atoms with Crippen molar-refractivity contribution in [2.24, 2.45) is 5.92 Å². The lowest BCUT2D eigenvalue weighted by Gasteiger charge is -2.35. The molecule has 0 radical (unpaired) electrons. The molecule has 0 bridgehead atoms. The van der Waals surface area contributed by atoms with Crippen molar-refractivity contribution in [1.29, 1.82) is 0 Å². The van der Waals surface area contributed by atoms with Crippen LogP contribution in [0.3, 0.4) is 0 Å². The summed E-state index contributed by atoms with van der Waals surface area (Å²) in [6, 6.07) is 1.43. The maximum atomic E-state index is 14.8. The van der Waals surface area contributed by atoms with Gasteiger partial charge in [0, 0.05) is 18.7 Å². The van der Waals surface area contributed by atoms with E-state index < -0.39 is 5.67 Å². The fourth-order valence-electron chi connectivity index (χ4n) is 2.16. The highest BCUT2D eigenvalue weighted by Gasteiger charge is 2.42. The molecule has 1 saturated heterocycles. The van der Waals surface area contributed by atoms with Gasteiger partial charge in [-0.05, 0) is 19.0 Å². The second-order valence-corrected chi connectivity index (χ2v) is 4.71. The Kier molecular flexibility index (Phi) is 3.04. The number of nitrogens with one attached hydrogen (secondary N) is 2. The molecule has 1 aromatic rings. The minimum absolute atomic E-state index is 0.147. The molecule has 5 heteroatoms. The second-order valence-electron chi connectivity index (χ2n) is 4.28. The van der Waals surface area contributed by atoms with Crippen LogP contribution in [-0.4, -0.2) is 18.1 Å². The first-order valence-electron chi connectivity index (χ1n) is 5.32. The van der Waals surface area contributed by atoms with E-state index in [2.05, 4.69) is 10.3 Å². The molecule has 1 aliphatic heterocycles. The van der Waals surface area contributed by atoms with Crippen LogP contribution in [0.2, 0.25) is 5.02 Å². The molecule has 2 rings (SSSR count). The van der Waals surface area contributed by atoms with Gasteiger partial charge in [0.25, 0.3) is 5.56 Å². The van der Waals surface area contributed by atoms with Gasteiger partial charge >= 0.3 is 0 Å². The number of aromatic amines is 1. The molecule has 1 aliphatic rings. The summed E-state index contributed by atoms with van der Waals surface area (Å²) in [4.78, 5) is 14.1. The minimum Gasteiger partial charge on any atom is -0.327 e. The topological polar surface area (TPSA) is 44.9 Å². The van der Waals surface area contributed by atoms with Crippen molar-refractivity contribution in [2.45, 2.75) is 19.0 Å². The predicted octanol–water partition coefficient (Wildman–Crippen LogP) is 1.82. The number of hydrogen-bond acceptors (Lipinski definition) is 2. The van der Waals surface area contributed by atoms with E-state index >= 15 is 0 Å². The van der Waals surface area contributed by atoms with Crippen LogP contribution >= 0.6 is 11.6 Å². The van der Waals surface area contributed by atoms with Gasteiger partial charge in [0.2, 0.25) is 0 Å². The van der Waals surface area contributed by atoms with Crippen LogP contribution < -0.4 is 10.9 Å². The van der Waals surface area contributed by atoms with Gasteiger partial charge in [0.1, 0.15) is 5.67 Å². The number of aromatic nitrogens is 1. The van der Waals surface area contributed by atoms with Crippen LogP contribution in [0.15, 0.2) is 17.1 Å². The van der Waals surface area contributed by atoms with E-state index in [9.17, 15) is 9.18 Å². The van der Waals surface area contributed by atoms with Crippen molar-refractivity contribution < 1.29 is 4.39 Å². The molecule has 0 aliphatic carbocycles. The monoisotopic (exact) mass is 244 g/mol. The lowest BCUT2D eigenvalue weighted by atomic mass is 9.80. The Morgan fingerprint density at radius 2 is 2.38 bits per heavy atom. The van der Waals surface area contributed by atoms with E-state index in [0.29, 0.717) is 24.5 Å². The van der Waals surface area contributed by atoms with E-state index in [4.69, 9.17) is 11.6 Å². The summed E-state index contributed by atoms with van der Waals surface area (Å²) < 4.78 is 14.8. The fourth-order valence-corrected chi connectivity index (χ4v) is 2.33. The highest BCUT2D eigenvalue weighted by atomic mass is 35.5. The second kappa shape index (κ2) is 4.18. The van der Waals surface area contributed by atoms with Crippen LogP contribution in [0.25, 0.3) is 0 Å². The molecule has 88 valence electrons. The molecule has 2 atom stereocenters. The lowest BCUT2D eigenvalue weighted by Crippen LogP contribution is -2.46. The van der Waals surface area contributed by atoms with Gasteiger partial charge in [-0.25, -0.2) is 4.39 Å². The molecule has 1 aromatic heterocycles. The van der Waals surface area contributed by atoms with Gasteiger partial charge in [0.05, 0.1) is 10.6 Å². The molecule has 0 amide bonds. The van der Waals surface area contributed by atoms with Crippen molar-refractivity contribution >= 4 is 11.6 Å². The Hall–Kier alpha value is -0.870. The summed E-state index contributed by atoms with van der Waals surface area (Å²) in [6.45, 7) is 2.95. The summed E-state index contributed by atoms with van der Waals surface area (Å²) in [5.74, 6) is -0.235. The number of rotatable bonds is 1. The number of piperidine rings is 1. The molecule has 1 fully saturated rings. The number of halogens is 2. The van der Waals surface area contributed by atoms with Crippen molar-refractivity contribution in [3.63, 3.8) is 0 Å². The molecule has 0 aromatic carbocycles. The molecule has 0 spiro atoms. The average Bonchev–Trinajstić information content (AvgIpc) is 2.26. The minimum atomic E-state index is -1.58. The highest BCUT2D eigenvalue weighted by Crippen LogP contribution is 2.37. The predicted molar refractivity (Wildman–Crippen MR) is 61.5 cm³/mol. The quantitative estimate of drug-likeness (QED) is 0.792. The lowest BCUT2D eigenvalue weighted by molar-refractivity contribution is 0.0535. The summed E-state index contributed by atoms with van der Waals surface area (Å²) in [7, 11) is 0. The van der Waals surface area contributed by atoms with E-state index in [1.165, 1.54) is 12.3 Å². The first-order valence-corrected chi connectivity index (χ1v) is 5.70. The Labute approximate surface area is 98.0 Å². The maximum Gasteiger partial charge on any atom is 0.254 e. The molecule has 2 unspecified atom stereocenters. The summed E-state index contributed by atoms with van der Waals surface area (Å²) in [5.41, 5.74) is -1.82. The molecular formula is C11H14ClFN2O. The zero-order chi connectivity index (χ0) is 11.8. The van der Waals surface area contributed by atoms with Crippen molar-refractivity contribution in [3.8, 4) is 0 Å². The standard InChI is InChI=1S/C11H14ClFN2O/c1-7-5-14-3-2-11(7,13)9-4-8(12)6-15-10(9)16/h4,6-7,14H,2-3,5H2,1H3,(H,15,16). The number of hydrogen-bond donors (Lipinski definition) is 2. The van der Waals surface area contributed by atoms with Crippen LogP contribution in [-0.2, 0) is 5.67 Å². The molecule has 3 nitrogen and oxygen atoms in total. The average molecular weight is 245 g/mol. The smallest absolute Gasteiger partial charge is 0.254 e. The Morgan fingerprint density at radius 3 is 3.06 bits per heavy atom. The van der Waals surface area contributed by atoms with Crippen molar-refractivity contribution in [2.75, 3.05) is 13.1 Å². The van der Waals surface area contributed by atoms with Crippen LogP contribution in [0.1, 0.15) is 18.9 Å². The largest absolute Gasteiger partial charge is 0.327 e. The number of H-pyrrole nitrogens is 1. The molecular weight excluding hydrogens is 231 g/mol. The van der Waals surface area contributed by atoms with Crippen LogP contribution in [0.5, 0.6) is 0 Å². The Morgan fingerprint density at radius 1 is 1.62 bits per heavy atom. The highest BCUT2D eigenvalue weighted by molar-refractivity contribution is 6.30. The zero-order valence-electron chi connectivity index (χ0n) is 9.02. The Bertz CT molecular complexity index is 448. The van der Waals surface area contributed by atoms with Gasteiger partial charge in [-0.3, -0.25) is 4.79 Å². The summed E-state index contributed by atoms with van der Waals surface area (Å²) >= 11 is 5.79. The van der Waals surface area contributed by atoms with Gasteiger partial charge in [-0.1, -0.05) is 18.5 Å². The van der Waals surface area contributed by atoms with Crippen LogP contribution in [0.4, 0.5) is 4.39 Å². The van der Waals surface area contributed by atoms with Gasteiger partial charge in [-0.15, -0.1) is 0 Å². The molecule has 2 heterocycles. The van der Waals surface area contributed by atoms with Gasteiger partial charge < -0.3 is 10.3 Å². The summed E-state index contributed by atoms with van der Waals surface area (Å²) in [5, 5.41) is 3.47. The van der Waals surface area contributed by atoms with Gasteiger partial charge in [0.15, 0.2) is 0 Å². The molecule has 16 heavy (non-hydrogen) atoms. The number of pyridine rings is 1. The number of alkyl halides is 1. The third-order valence-electron chi connectivity index (χ3n) is 3.21. The normalized spacial score (nSPS) is 30.3. The van der Waals surface area contributed by atoms with Crippen LogP contribution in [0, 0.1) is 5.92 Å². The van der Waals surface area contributed by atoms with E-state index in [0.717, 1.165) is 0 Å². The SMILES string of the molecule is CC1CNCCC1(F)c1cc(Cl)c[nH]c1=O.